The zero-order valence-electron chi connectivity index (χ0n) is 12.6. The topological polar surface area (TPSA) is 83.4 Å². The van der Waals surface area contributed by atoms with E-state index in [2.05, 4.69) is 17.1 Å². The van der Waals surface area contributed by atoms with Gasteiger partial charge in [0.2, 0.25) is 5.89 Å². The van der Waals surface area contributed by atoms with Crippen molar-refractivity contribution in [3.8, 4) is 0 Å². The van der Waals surface area contributed by atoms with E-state index in [9.17, 15) is 0 Å². The van der Waals surface area contributed by atoms with Crippen molar-refractivity contribution in [2.75, 3.05) is 20.3 Å². The number of nitrogens with two attached hydrogens (primary N) is 1. The highest BCUT2D eigenvalue weighted by Gasteiger charge is 2.39. The van der Waals surface area contributed by atoms with Gasteiger partial charge in [0.25, 0.3) is 0 Å². The van der Waals surface area contributed by atoms with E-state index in [4.69, 9.17) is 19.7 Å². The van der Waals surface area contributed by atoms with Gasteiger partial charge in [-0.25, -0.2) is 0 Å². The third-order valence-corrected chi connectivity index (χ3v) is 3.90. The number of hydrogen-bond donors (Lipinski definition) is 1. The fourth-order valence-electron chi connectivity index (χ4n) is 2.35. The highest BCUT2D eigenvalue weighted by atomic mass is 16.5. The highest BCUT2D eigenvalue weighted by molar-refractivity contribution is 5.04. The van der Waals surface area contributed by atoms with Gasteiger partial charge < -0.3 is 19.7 Å². The van der Waals surface area contributed by atoms with Crippen molar-refractivity contribution < 1.29 is 14.0 Å². The molecule has 0 radical (unpaired) electrons. The van der Waals surface area contributed by atoms with Crippen LogP contribution in [-0.4, -0.2) is 36.1 Å². The molecule has 1 aliphatic rings. The minimum atomic E-state index is -0.725. The minimum absolute atomic E-state index is 0.118. The standard InChI is InChI=1S/C14H25N3O3/c1-4-8-19-10-13(2,15)12-16-11(20-17-12)9-14(18-3)6-5-7-14/h4-10,15H2,1-3H3. The van der Waals surface area contributed by atoms with Gasteiger partial charge in [0.1, 0.15) is 5.54 Å². The Kier molecular flexibility index (Phi) is 4.78. The molecule has 0 bridgehead atoms. The zero-order valence-corrected chi connectivity index (χ0v) is 12.6. The first kappa shape index (κ1) is 15.4. The summed E-state index contributed by atoms with van der Waals surface area (Å²) in [5.41, 5.74) is 5.35. The predicted molar refractivity (Wildman–Crippen MR) is 74.2 cm³/mol. The lowest BCUT2D eigenvalue weighted by Crippen LogP contribution is -2.41. The second-order valence-electron chi connectivity index (χ2n) is 5.90. The third kappa shape index (κ3) is 3.37. The average Bonchev–Trinajstić information content (AvgIpc) is 2.83. The molecule has 1 atom stereocenters. The molecule has 2 N–H and O–H groups in total. The quantitative estimate of drug-likeness (QED) is 0.732. The maximum atomic E-state index is 6.19. The molecular weight excluding hydrogens is 258 g/mol. The summed E-state index contributed by atoms with van der Waals surface area (Å²) < 4.78 is 16.4. The number of hydrogen-bond acceptors (Lipinski definition) is 6. The van der Waals surface area contributed by atoms with Crippen molar-refractivity contribution in [1.29, 1.82) is 0 Å². The Morgan fingerprint density at radius 1 is 1.45 bits per heavy atom. The summed E-state index contributed by atoms with van der Waals surface area (Å²) in [6.45, 7) is 4.98. The van der Waals surface area contributed by atoms with Gasteiger partial charge in [0, 0.05) is 13.7 Å². The van der Waals surface area contributed by atoms with Crippen LogP contribution in [0.25, 0.3) is 0 Å². The van der Waals surface area contributed by atoms with Gasteiger partial charge in [-0.1, -0.05) is 12.1 Å². The van der Waals surface area contributed by atoms with E-state index in [1.165, 1.54) is 6.42 Å². The Morgan fingerprint density at radius 3 is 2.75 bits per heavy atom. The van der Waals surface area contributed by atoms with Crippen LogP contribution in [0.4, 0.5) is 0 Å². The molecular formula is C14H25N3O3. The fourth-order valence-corrected chi connectivity index (χ4v) is 2.35. The summed E-state index contributed by atoms with van der Waals surface area (Å²) >= 11 is 0. The van der Waals surface area contributed by atoms with Crippen molar-refractivity contribution in [2.24, 2.45) is 5.73 Å². The zero-order chi connectivity index (χ0) is 14.6. The number of ether oxygens (including phenoxy) is 2. The molecule has 1 saturated carbocycles. The van der Waals surface area contributed by atoms with Crippen LogP contribution in [0.3, 0.4) is 0 Å². The summed E-state index contributed by atoms with van der Waals surface area (Å²) in [5, 5.41) is 4.00. The van der Waals surface area contributed by atoms with Crippen molar-refractivity contribution in [2.45, 2.75) is 57.1 Å². The molecule has 0 aromatic carbocycles. The SMILES string of the molecule is CCCOCC(C)(N)c1noc(CC2(OC)CCC2)n1. The Morgan fingerprint density at radius 2 is 2.20 bits per heavy atom. The van der Waals surface area contributed by atoms with E-state index in [0.717, 1.165) is 19.3 Å². The highest BCUT2D eigenvalue weighted by Crippen LogP contribution is 2.37. The molecule has 0 aliphatic heterocycles. The number of nitrogens with zero attached hydrogens (tertiary/aromatic N) is 2. The normalized spacial score (nSPS) is 20.4. The lowest BCUT2D eigenvalue weighted by Gasteiger charge is -2.39. The summed E-state index contributed by atoms with van der Waals surface area (Å²) in [7, 11) is 1.74. The van der Waals surface area contributed by atoms with Crippen LogP contribution in [0.1, 0.15) is 51.2 Å². The van der Waals surface area contributed by atoms with Crippen LogP contribution >= 0.6 is 0 Å². The molecule has 1 unspecified atom stereocenters. The second-order valence-corrected chi connectivity index (χ2v) is 5.90. The van der Waals surface area contributed by atoms with E-state index in [-0.39, 0.29) is 5.60 Å². The van der Waals surface area contributed by atoms with Crippen molar-refractivity contribution in [3.05, 3.63) is 11.7 Å². The molecule has 1 aliphatic carbocycles. The molecule has 0 spiro atoms. The van der Waals surface area contributed by atoms with Crippen molar-refractivity contribution in [3.63, 3.8) is 0 Å². The van der Waals surface area contributed by atoms with Gasteiger partial charge >= 0.3 is 0 Å². The lowest BCUT2D eigenvalue weighted by molar-refractivity contribution is -0.0751. The first-order valence-electron chi connectivity index (χ1n) is 7.26. The Balaban J connectivity index is 1.97. The van der Waals surface area contributed by atoms with Gasteiger partial charge in [-0.05, 0) is 32.6 Å². The Bertz CT molecular complexity index is 422. The molecule has 114 valence electrons. The van der Waals surface area contributed by atoms with Crippen LogP contribution in [0.15, 0.2) is 4.52 Å². The van der Waals surface area contributed by atoms with E-state index in [0.29, 0.717) is 31.3 Å². The van der Waals surface area contributed by atoms with Crippen LogP contribution < -0.4 is 5.73 Å². The molecule has 0 amide bonds. The number of aromatic nitrogens is 2. The second kappa shape index (κ2) is 6.20. The van der Waals surface area contributed by atoms with Gasteiger partial charge in [-0.15, -0.1) is 0 Å². The van der Waals surface area contributed by atoms with Crippen molar-refractivity contribution in [1.82, 2.24) is 10.1 Å². The minimum Gasteiger partial charge on any atom is -0.379 e. The van der Waals surface area contributed by atoms with E-state index in [1.54, 1.807) is 7.11 Å². The Labute approximate surface area is 120 Å². The maximum absolute atomic E-state index is 6.19. The molecule has 20 heavy (non-hydrogen) atoms. The van der Waals surface area contributed by atoms with Crippen LogP contribution in [0, 0.1) is 0 Å². The molecule has 1 fully saturated rings. The van der Waals surface area contributed by atoms with Gasteiger partial charge in [-0.2, -0.15) is 4.98 Å². The van der Waals surface area contributed by atoms with Crippen molar-refractivity contribution >= 4 is 0 Å². The summed E-state index contributed by atoms with van der Waals surface area (Å²) in [5.74, 6) is 1.09. The molecule has 2 rings (SSSR count). The number of methoxy groups -OCH3 is 1. The molecule has 1 heterocycles. The molecule has 1 aromatic rings. The predicted octanol–water partition coefficient (Wildman–Crippen LogP) is 1.78. The van der Waals surface area contributed by atoms with Gasteiger partial charge in [0.05, 0.1) is 18.6 Å². The molecule has 6 nitrogen and oxygen atoms in total. The largest absolute Gasteiger partial charge is 0.379 e. The van der Waals surface area contributed by atoms with Crippen LogP contribution in [0.5, 0.6) is 0 Å². The third-order valence-electron chi connectivity index (χ3n) is 3.90. The molecule has 1 aromatic heterocycles. The maximum Gasteiger partial charge on any atom is 0.229 e. The summed E-state index contributed by atoms with van der Waals surface area (Å²) in [6, 6.07) is 0. The Hall–Kier alpha value is -0.980. The van der Waals surface area contributed by atoms with E-state index >= 15 is 0 Å². The first-order valence-corrected chi connectivity index (χ1v) is 7.26. The van der Waals surface area contributed by atoms with Crippen LogP contribution in [0.2, 0.25) is 0 Å². The summed E-state index contributed by atoms with van der Waals surface area (Å²) in [6.07, 6.45) is 4.89. The van der Waals surface area contributed by atoms with E-state index < -0.39 is 5.54 Å². The lowest BCUT2D eigenvalue weighted by atomic mass is 9.77. The number of rotatable bonds is 8. The van der Waals surface area contributed by atoms with Gasteiger partial charge in [0.15, 0.2) is 5.82 Å². The average molecular weight is 283 g/mol. The summed E-state index contributed by atoms with van der Waals surface area (Å²) in [4.78, 5) is 4.41. The first-order chi connectivity index (χ1) is 9.51. The molecule has 0 saturated heterocycles. The van der Waals surface area contributed by atoms with E-state index in [1.807, 2.05) is 6.92 Å². The monoisotopic (exact) mass is 283 g/mol. The van der Waals surface area contributed by atoms with Gasteiger partial charge in [-0.3, -0.25) is 0 Å². The smallest absolute Gasteiger partial charge is 0.229 e. The van der Waals surface area contributed by atoms with Crippen LogP contribution in [-0.2, 0) is 21.4 Å². The molecule has 6 heteroatoms. The fraction of sp³-hybridized carbons (Fsp3) is 0.857.